The minimum absolute atomic E-state index is 0.0681. The maximum atomic E-state index is 9.58. The normalized spacial score (nSPS) is 10.4. The summed E-state index contributed by atoms with van der Waals surface area (Å²) in [4.78, 5) is 4.02. The van der Waals surface area contributed by atoms with Crippen LogP contribution in [0.25, 0.3) is 0 Å². The summed E-state index contributed by atoms with van der Waals surface area (Å²) in [6, 6.07) is 8.45. The zero-order valence-corrected chi connectivity index (χ0v) is 9.30. The second-order valence-electron chi connectivity index (χ2n) is 3.78. The van der Waals surface area contributed by atoms with Crippen LogP contribution in [-0.4, -0.2) is 15.2 Å². The van der Waals surface area contributed by atoms with Crippen LogP contribution in [0.3, 0.4) is 0 Å². The molecule has 1 aromatic heterocycles. The molecule has 4 nitrogen and oxygen atoms in total. The van der Waals surface area contributed by atoms with Crippen LogP contribution in [0.1, 0.15) is 11.1 Å². The van der Waals surface area contributed by atoms with E-state index in [2.05, 4.69) is 10.3 Å². The van der Waals surface area contributed by atoms with Gasteiger partial charge in [0.05, 0.1) is 0 Å². The molecule has 0 aliphatic rings. The van der Waals surface area contributed by atoms with Crippen molar-refractivity contribution in [2.24, 2.45) is 0 Å². The van der Waals surface area contributed by atoms with Gasteiger partial charge in [0, 0.05) is 37.1 Å². The highest BCUT2D eigenvalue weighted by atomic mass is 16.3. The van der Waals surface area contributed by atoms with Crippen molar-refractivity contribution in [3.05, 3.63) is 53.9 Å². The van der Waals surface area contributed by atoms with Gasteiger partial charge in [0.2, 0.25) is 0 Å². The molecule has 88 valence electrons. The molecule has 0 amide bonds. The number of nitrogens with zero attached hydrogens (tertiary/aromatic N) is 1. The van der Waals surface area contributed by atoms with Crippen LogP contribution in [-0.2, 0) is 13.1 Å². The van der Waals surface area contributed by atoms with Gasteiger partial charge in [-0.05, 0) is 17.7 Å². The fourth-order valence-corrected chi connectivity index (χ4v) is 1.55. The third-order valence-corrected chi connectivity index (χ3v) is 2.44. The van der Waals surface area contributed by atoms with E-state index in [0.29, 0.717) is 13.1 Å². The molecule has 0 unspecified atom stereocenters. The molecular formula is C13H14N2O2. The summed E-state index contributed by atoms with van der Waals surface area (Å²) in [7, 11) is 0. The topological polar surface area (TPSA) is 65.4 Å². The van der Waals surface area contributed by atoms with Crippen molar-refractivity contribution < 1.29 is 10.2 Å². The molecule has 0 aliphatic carbocycles. The predicted octanol–water partition coefficient (Wildman–Crippen LogP) is 1.78. The van der Waals surface area contributed by atoms with Crippen LogP contribution in [0.5, 0.6) is 11.5 Å². The third-order valence-electron chi connectivity index (χ3n) is 2.44. The smallest absolute Gasteiger partial charge is 0.123 e. The standard InChI is InChI=1S/C13H14N2O2/c16-12-4-3-11(13(17)6-12)9-15-8-10-2-1-5-14-7-10/h1-7,15-17H,8-9H2. The lowest BCUT2D eigenvalue weighted by molar-refractivity contribution is 0.443. The maximum Gasteiger partial charge on any atom is 0.123 e. The minimum Gasteiger partial charge on any atom is -0.508 e. The van der Waals surface area contributed by atoms with Gasteiger partial charge in [0.1, 0.15) is 11.5 Å². The molecule has 0 bridgehead atoms. The zero-order chi connectivity index (χ0) is 12.1. The summed E-state index contributed by atoms with van der Waals surface area (Å²) in [6.07, 6.45) is 3.53. The minimum atomic E-state index is 0.0681. The maximum absolute atomic E-state index is 9.58. The van der Waals surface area contributed by atoms with Crippen LogP contribution < -0.4 is 5.32 Å². The Morgan fingerprint density at radius 3 is 2.71 bits per heavy atom. The molecule has 0 atom stereocenters. The van der Waals surface area contributed by atoms with Gasteiger partial charge >= 0.3 is 0 Å². The Hall–Kier alpha value is -2.07. The fourth-order valence-electron chi connectivity index (χ4n) is 1.55. The first-order chi connectivity index (χ1) is 8.25. The van der Waals surface area contributed by atoms with Gasteiger partial charge in [0.25, 0.3) is 0 Å². The molecule has 0 saturated heterocycles. The second-order valence-corrected chi connectivity index (χ2v) is 3.78. The molecule has 3 N–H and O–H groups in total. The second kappa shape index (κ2) is 5.32. The largest absolute Gasteiger partial charge is 0.508 e. The first-order valence-electron chi connectivity index (χ1n) is 5.36. The van der Waals surface area contributed by atoms with E-state index in [1.165, 1.54) is 6.07 Å². The number of phenols is 2. The van der Waals surface area contributed by atoms with Crippen LogP contribution in [0, 0.1) is 0 Å². The Morgan fingerprint density at radius 2 is 2.00 bits per heavy atom. The summed E-state index contributed by atoms with van der Waals surface area (Å²) in [5, 5.41) is 21.9. The quantitative estimate of drug-likeness (QED) is 0.749. The van der Waals surface area contributed by atoms with Gasteiger partial charge < -0.3 is 15.5 Å². The number of rotatable bonds is 4. The molecule has 2 aromatic rings. The average molecular weight is 230 g/mol. The van der Waals surface area contributed by atoms with Gasteiger partial charge in [-0.1, -0.05) is 12.1 Å². The highest BCUT2D eigenvalue weighted by molar-refractivity contribution is 5.38. The van der Waals surface area contributed by atoms with Gasteiger partial charge in [0.15, 0.2) is 0 Å². The molecule has 1 heterocycles. The molecule has 4 heteroatoms. The number of hydrogen-bond donors (Lipinski definition) is 3. The zero-order valence-electron chi connectivity index (χ0n) is 9.30. The molecular weight excluding hydrogens is 216 g/mol. The monoisotopic (exact) mass is 230 g/mol. The summed E-state index contributed by atoms with van der Waals surface area (Å²) in [5.41, 5.74) is 1.84. The van der Waals surface area contributed by atoms with E-state index >= 15 is 0 Å². The fraction of sp³-hybridized carbons (Fsp3) is 0.154. The van der Waals surface area contributed by atoms with Gasteiger partial charge in [-0.3, -0.25) is 4.98 Å². The van der Waals surface area contributed by atoms with Gasteiger partial charge in [-0.2, -0.15) is 0 Å². The summed E-state index contributed by atoms with van der Waals surface area (Å²) in [6.45, 7) is 1.23. The number of benzene rings is 1. The summed E-state index contributed by atoms with van der Waals surface area (Å²) >= 11 is 0. The van der Waals surface area contributed by atoms with E-state index in [1.807, 2.05) is 12.1 Å². The molecule has 17 heavy (non-hydrogen) atoms. The summed E-state index contributed by atoms with van der Waals surface area (Å²) in [5.74, 6) is 0.169. The first-order valence-corrected chi connectivity index (χ1v) is 5.36. The predicted molar refractivity (Wildman–Crippen MR) is 64.6 cm³/mol. The van der Waals surface area contributed by atoms with E-state index in [9.17, 15) is 5.11 Å². The number of hydrogen-bond acceptors (Lipinski definition) is 4. The lowest BCUT2D eigenvalue weighted by Crippen LogP contribution is -2.12. The van der Waals surface area contributed by atoms with Gasteiger partial charge in [-0.15, -0.1) is 0 Å². The number of aromatic hydroxyl groups is 2. The van der Waals surface area contributed by atoms with E-state index in [-0.39, 0.29) is 11.5 Å². The molecule has 1 aromatic carbocycles. The van der Waals surface area contributed by atoms with E-state index < -0.39 is 0 Å². The number of aromatic nitrogens is 1. The van der Waals surface area contributed by atoms with Crippen molar-refractivity contribution in [2.45, 2.75) is 13.1 Å². The third kappa shape index (κ3) is 3.19. The van der Waals surface area contributed by atoms with E-state index in [4.69, 9.17) is 5.11 Å². The van der Waals surface area contributed by atoms with Crippen molar-refractivity contribution >= 4 is 0 Å². The molecule has 2 rings (SSSR count). The average Bonchev–Trinajstić information content (AvgIpc) is 2.33. The molecule has 0 saturated carbocycles. The number of phenolic OH excluding ortho intramolecular Hbond substituents is 2. The lowest BCUT2D eigenvalue weighted by Gasteiger charge is -2.07. The van der Waals surface area contributed by atoms with Crippen molar-refractivity contribution in [3.63, 3.8) is 0 Å². The molecule has 0 spiro atoms. The Bertz CT molecular complexity index is 486. The van der Waals surface area contributed by atoms with Crippen LogP contribution >= 0.6 is 0 Å². The Balaban J connectivity index is 1.90. The van der Waals surface area contributed by atoms with Crippen molar-refractivity contribution in [3.8, 4) is 11.5 Å². The first kappa shape index (κ1) is 11.4. The van der Waals surface area contributed by atoms with Crippen LogP contribution in [0.15, 0.2) is 42.7 Å². The van der Waals surface area contributed by atoms with Crippen LogP contribution in [0.4, 0.5) is 0 Å². The molecule has 0 fully saturated rings. The highest BCUT2D eigenvalue weighted by Gasteiger charge is 2.01. The van der Waals surface area contributed by atoms with Crippen LogP contribution in [0.2, 0.25) is 0 Å². The molecule has 0 aliphatic heterocycles. The lowest BCUT2D eigenvalue weighted by atomic mass is 10.2. The summed E-state index contributed by atoms with van der Waals surface area (Å²) < 4.78 is 0. The van der Waals surface area contributed by atoms with E-state index in [1.54, 1.807) is 24.5 Å². The Labute approximate surface area is 99.6 Å². The van der Waals surface area contributed by atoms with Crippen molar-refractivity contribution in [1.82, 2.24) is 10.3 Å². The Morgan fingerprint density at radius 1 is 1.12 bits per heavy atom. The van der Waals surface area contributed by atoms with Crippen molar-refractivity contribution in [2.75, 3.05) is 0 Å². The molecule has 0 radical (unpaired) electrons. The Kier molecular flexibility index (Phi) is 3.57. The highest BCUT2D eigenvalue weighted by Crippen LogP contribution is 2.22. The number of nitrogens with one attached hydrogen (secondary N) is 1. The number of pyridine rings is 1. The van der Waals surface area contributed by atoms with Gasteiger partial charge in [-0.25, -0.2) is 0 Å². The SMILES string of the molecule is Oc1ccc(CNCc2cccnc2)c(O)c1. The van der Waals surface area contributed by atoms with Crippen molar-refractivity contribution in [1.29, 1.82) is 0 Å². The van der Waals surface area contributed by atoms with E-state index in [0.717, 1.165) is 11.1 Å².